The maximum Gasteiger partial charge on any atom is 0.324 e. The van der Waals surface area contributed by atoms with Gasteiger partial charge in [0.2, 0.25) is 0 Å². The molecule has 14 heavy (non-hydrogen) atoms. The molecule has 2 rings (SSSR count). The summed E-state index contributed by atoms with van der Waals surface area (Å²) < 4.78 is 1.03. The zero-order chi connectivity index (χ0) is 10.1. The van der Waals surface area contributed by atoms with Crippen LogP contribution < -0.4 is 4.90 Å². The Kier molecular flexibility index (Phi) is 2.46. The first kappa shape index (κ1) is 9.52. The Labute approximate surface area is 91.4 Å². The van der Waals surface area contributed by atoms with Crippen molar-refractivity contribution in [3.8, 4) is 0 Å². The number of hydrogen-bond donors (Lipinski definition) is 0. The van der Waals surface area contributed by atoms with Crippen molar-refractivity contribution in [2.24, 2.45) is 0 Å². The fourth-order valence-electron chi connectivity index (χ4n) is 1.51. The van der Waals surface area contributed by atoms with E-state index in [1.165, 1.54) is 0 Å². The van der Waals surface area contributed by atoms with Crippen molar-refractivity contribution in [3.63, 3.8) is 0 Å². The predicted molar refractivity (Wildman–Crippen MR) is 59.5 cm³/mol. The largest absolute Gasteiger partial charge is 0.326 e. The van der Waals surface area contributed by atoms with E-state index in [0.29, 0.717) is 0 Å². The number of carbonyl (C=O) groups excluding carboxylic acids is 1. The summed E-state index contributed by atoms with van der Waals surface area (Å²) in [6, 6.07) is 7.86. The minimum atomic E-state index is 0.0762. The van der Waals surface area contributed by atoms with Crippen molar-refractivity contribution in [1.82, 2.24) is 4.90 Å². The van der Waals surface area contributed by atoms with Gasteiger partial charge in [0, 0.05) is 30.3 Å². The summed E-state index contributed by atoms with van der Waals surface area (Å²) >= 11 is 3.37. The van der Waals surface area contributed by atoms with Crippen LogP contribution in [0.5, 0.6) is 0 Å². The third-order valence-corrected chi connectivity index (χ3v) is 2.88. The number of urea groups is 1. The van der Waals surface area contributed by atoms with E-state index >= 15 is 0 Å². The van der Waals surface area contributed by atoms with E-state index in [9.17, 15) is 4.79 Å². The topological polar surface area (TPSA) is 23.6 Å². The first-order chi connectivity index (χ1) is 6.68. The number of anilines is 1. The fourth-order valence-corrected chi connectivity index (χ4v) is 1.77. The molecule has 0 aromatic heterocycles. The van der Waals surface area contributed by atoms with Crippen LogP contribution in [0.25, 0.3) is 0 Å². The van der Waals surface area contributed by atoms with Gasteiger partial charge in [0.1, 0.15) is 0 Å². The number of nitrogens with zero attached hydrogens (tertiary/aromatic N) is 2. The van der Waals surface area contributed by atoms with Crippen LogP contribution in [0.2, 0.25) is 0 Å². The molecule has 0 N–H and O–H groups in total. The summed E-state index contributed by atoms with van der Waals surface area (Å²) in [5, 5.41) is 0. The third-order valence-electron chi connectivity index (χ3n) is 2.35. The SMILES string of the molecule is CN1CCN(c2ccc(Br)cc2)C1=O. The average molecular weight is 255 g/mol. The summed E-state index contributed by atoms with van der Waals surface area (Å²) in [6.45, 7) is 1.58. The average Bonchev–Trinajstić information content (AvgIpc) is 2.50. The van der Waals surface area contributed by atoms with Gasteiger partial charge in [-0.15, -0.1) is 0 Å². The van der Waals surface area contributed by atoms with Gasteiger partial charge in [-0.2, -0.15) is 0 Å². The zero-order valence-corrected chi connectivity index (χ0v) is 9.49. The summed E-state index contributed by atoms with van der Waals surface area (Å²) in [5.41, 5.74) is 0.961. The van der Waals surface area contributed by atoms with Gasteiger partial charge in [-0.3, -0.25) is 4.90 Å². The second kappa shape index (κ2) is 3.61. The highest BCUT2D eigenvalue weighted by Crippen LogP contribution is 2.21. The van der Waals surface area contributed by atoms with E-state index in [-0.39, 0.29) is 6.03 Å². The lowest BCUT2D eigenvalue weighted by atomic mass is 10.3. The van der Waals surface area contributed by atoms with Gasteiger partial charge < -0.3 is 4.90 Å². The molecule has 2 amide bonds. The first-order valence-electron chi connectivity index (χ1n) is 4.46. The molecule has 0 saturated carbocycles. The Morgan fingerprint density at radius 2 is 1.86 bits per heavy atom. The molecule has 4 heteroatoms. The summed E-state index contributed by atoms with van der Waals surface area (Å²) in [5.74, 6) is 0. The fraction of sp³-hybridized carbons (Fsp3) is 0.300. The predicted octanol–water partition coefficient (Wildman–Crippen LogP) is 2.32. The molecule has 3 nitrogen and oxygen atoms in total. The van der Waals surface area contributed by atoms with Crippen molar-refractivity contribution in [1.29, 1.82) is 0 Å². The Bertz CT molecular complexity index is 350. The summed E-state index contributed by atoms with van der Waals surface area (Å²) in [6.07, 6.45) is 0. The molecule has 0 spiro atoms. The van der Waals surface area contributed by atoms with Gasteiger partial charge in [0.15, 0.2) is 0 Å². The Morgan fingerprint density at radius 3 is 2.36 bits per heavy atom. The minimum absolute atomic E-state index is 0.0762. The second-order valence-corrected chi connectivity index (χ2v) is 4.25. The van der Waals surface area contributed by atoms with E-state index in [4.69, 9.17) is 0 Å². The number of halogens is 1. The number of benzene rings is 1. The van der Waals surface area contributed by atoms with Gasteiger partial charge >= 0.3 is 6.03 Å². The lowest BCUT2D eigenvalue weighted by molar-refractivity contribution is 0.229. The highest BCUT2D eigenvalue weighted by molar-refractivity contribution is 9.10. The first-order valence-corrected chi connectivity index (χ1v) is 5.26. The van der Waals surface area contributed by atoms with Crippen LogP contribution in [0.4, 0.5) is 10.5 Å². The van der Waals surface area contributed by atoms with E-state index in [2.05, 4.69) is 15.9 Å². The molecule has 0 unspecified atom stereocenters. The maximum absolute atomic E-state index is 11.6. The van der Waals surface area contributed by atoms with Gasteiger partial charge in [-0.25, -0.2) is 4.79 Å². The third kappa shape index (κ3) is 1.62. The van der Waals surface area contributed by atoms with Gasteiger partial charge in [-0.1, -0.05) is 15.9 Å². The van der Waals surface area contributed by atoms with Crippen molar-refractivity contribution in [2.45, 2.75) is 0 Å². The van der Waals surface area contributed by atoms with E-state index in [1.807, 2.05) is 31.3 Å². The summed E-state index contributed by atoms with van der Waals surface area (Å²) in [7, 11) is 1.82. The standard InChI is InChI=1S/C10H11BrN2O/c1-12-6-7-13(10(12)14)9-4-2-8(11)3-5-9/h2-5H,6-7H2,1H3. The molecule has 0 radical (unpaired) electrons. The molecular formula is C10H11BrN2O. The van der Waals surface area contributed by atoms with Crippen molar-refractivity contribution in [3.05, 3.63) is 28.7 Å². The normalized spacial score (nSPS) is 16.6. The molecule has 1 aliphatic rings. The lowest BCUT2D eigenvalue weighted by Crippen LogP contribution is -2.28. The highest BCUT2D eigenvalue weighted by atomic mass is 79.9. The monoisotopic (exact) mass is 254 g/mol. The van der Waals surface area contributed by atoms with Crippen LogP contribution >= 0.6 is 15.9 Å². The van der Waals surface area contributed by atoms with Crippen molar-refractivity contribution in [2.75, 3.05) is 25.0 Å². The smallest absolute Gasteiger partial charge is 0.324 e. The summed E-state index contributed by atoms with van der Waals surface area (Å²) in [4.78, 5) is 15.1. The number of rotatable bonds is 1. The Hall–Kier alpha value is -1.03. The molecule has 1 saturated heterocycles. The maximum atomic E-state index is 11.6. The second-order valence-electron chi connectivity index (χ2n) is 3.33. The molecular weight excluding hydrogens is 244 g/mol. The molecule has 1 aromatic carbocycles. The molecule has 1 aliphatic heterocycles. The van der Waals surface area contributed by atoms with Crippen LogP contribution in [0.1, 0.15) is 0 Å². The highest BCUT2D eigenvalue weighted by Gasteiger charge is 2.26. The molecule has 1 fully saturated rings. The van der Waals surface area contributed by atoms with Crippen LogP contribution in [0.15, 0.2) is 28.7 Å². The molecule has 1 aromatic rings. The van der Waals surface area contributed by atoms with E-state index in [1.54, 1.807) is 9.80 Å². The van der Waals surface area contributed by atoms with Crippen LogP contribution in [-0.4, -0.2) is 31.1 Å². The number of hydrogen-bond acceptors (Lipinski definition) is 1. The van der Waals surface area contributed by atoms with Crippen molar-refractivity contribution >= 4 is 27.6 Å². The van der Waals surface area contributed by atoms with Crippen LogP contribution in [0.3, 0.4) is 0 Å². The number of likely N-dealkylation sites (N-methyl/N-ethyl adjacent to an activating group) is 1. The molecule has 1 heterocycles. The molecule has 0 aliphatic carbocycles. The minimum Gasteiger partial charge on any atom is -0.326 e. The van der Waals surface area contributed by atoms with Gasteiger partial charge in [-0.05, 0) is 24.3 Å². The van der Waals surface area contributed by atoms with Crippen LogP contribution in [0, 0.1) is 0 Å². The quantitative estimate of drug-likeness (QED) is 0.755. The number of carbonyl (C=O) groups is 1. The lowest BCUT2D eigenvalue weighted by Gasteiger charge is -2.15. The Morgan fingerprint density at radius 1 is 1.21 bits per heavy atom. The molecule has 74 valence electrons. The molecule has 0 atom stereocenters. The van der Waals surface area contributed by atoms with Crippen LogP contribution in [-0.2, 0) is 0 Å². The van der Waals surface area contributed by atoms with Gasteiger partial charge in [0.05, 0.1) is 0 Å². The van der Waals surface area contributed by atoms with Crippen molar-refractivity contribution < 1.29 is 4.79 Å². The van der Waals surface area contributed by atoms with E-state index in [0.717, 1.165) is 23.2 Å². The zero-order valence-electron chi connectivity index (χ0n) is 7.90. The Balaban J connectivity index is 2.24. The van der Waals surface area contributed by atoms with Gasteiger partial charge in [0.25, 0.3) is 0 Å². The molecule has 0 bridgehead atoms. The number of amides is 2. The van der Waals surface area contributed by atoms with E-state index < -0.39 is 0 Å².